The Bertz CT molecular complexity index is 1020. The number of amides is 1. The van der Waals surface area contributed by atoms with Crippen molar-refractivity contribution in [3.05, 3.63) is 41.7 Å². The van der Waals surface area contributed by atoms with Crippen LogP contribution in [0.25, 0.3) is 11.6 Å². The molecule has 0 radical (unpaired) electrons. The largest absolute Gasteiger partial charge is 0.490 e. The monoisotopic (exact) mass is 428 g/mol. The van der Waals surface area contributed by atoms with Gasteiger partial charge in [0.15, 0.2) is 28.2 Å². The van der Waals surface area contributed by atoms with E-state index in [4.69, 9.17) is 13.9 Å². The molecule has 1 N–H and O–H groups in total. The summed E-state index contributed by atoms with van der Waals surface area (Å²) in [4.78, 5) is 12.4. The first-order valence-electron chi connectivity index (χ1n) is 9.91. The van der Waals surface area contributed by atoms with E-state index in [-0.39, 0.29) is 11.7 Å². The Morgan fingerprint density at radius 3 is 2.77 bits per heavy atom. The van der Waals surface area contributed by atoms with Crippen LogP contribution in [0, 0.1) is 6.92 Å². The van der Waals surface area contributed by atoms with Crippen molar-refractivity contribution in [3.63, 3.8) is 0 Å². The van der Waals surface area contributed by atoms with Crippen LogP contribution in [0.1, 0.15) is 24.5 Å². The summed E-state index contributed by atoms with van der Waals surface area (Å²) >= 11 is 1.35. The summed E-state index contributed by atoms with van der Waals surface area (Å²) < 4.78 is 18.8. The number of aromatic nitrogens is 3. The van der Waals surface area contributed by atoms with Gasteiger partial charge in [0.25, 0.3) is 0 Å². The van der Waals surface area contributed by atoms with E-state index in [1.165, 1.54) is 11.8 Å². The van der Waals surface area contributed by atoms with Crippen molar-refractivity contribution >= 4 is 17.7 Å². The van der Waals surface area contributed by atoms with Crippen LogP contribution in [0.15, 0.2) is 40.1 Å². The molecule has 0 aliphatic carbocycles. The molecule has 1 amide bonds. The lowest BCUT2D eigenvalue weighted by Crippen LogP contribution is -2.25. The van der Waals surface area contributed by atoms with Gasteiger partial charge in [-0.2, -0.15) is 0 Å². The van der Waals surface area contributed by atoms with E-state index in [9.17, 15) is 4.79 Å². The molecule has 30 heavy (non-hydrogen) atoms. The third kappa shape index (κ3) is 4.46. The Hall–Kier alpha value is -2.94. The number of nitrogens with one attached hydrogen (secondary N) is 1. The van der Waals surface area contributed by atoms with Gasteiger partial charge < -0.3 is 19.2 Å². The van der Waals surface area contributed by atoms with Crippen molar-refractivity contribution in [2.24, 2.45) is 0 Å². The third-order valence-electron chi connectivity index (χ3n) is 4.79. The maximum Gasteiger partial charge on any atom is 0.230 e. The van der Waals surface area contributed by atoms with Gasteiger partial charge in [0.05, 0.1) is 25.2 Å². The van der Waals surface area contributed by atoms with Gasteiger partial charge in [-0.15, -0.1) is 10.2 Å². The van der Waals surface area contributed by atoms with Crippen molar-refractivity contribution in [1.29, 1.82) is 0 Å². The highest BCUT2D eigenvalue weighted by Gasteiger charge is 2.17. The fourth-order valence-corrected chi connectivity index (χ4v) is 4.02. The maximum atomic E-state index is 12.4. The van der Waals surface area contributed by atoms with Gasteiger partial charge in [-0.3, -0.25) is 9.36 Å². The number of fused-ring (bicyclic) bond motifs is 1. The van der Waals surface area contributed by atoms with Gasteiger partial charge >= 0.3 is 0 Å². The summed E-state index contributed by atoms with van der Waals surface area (Å²) in [6.07, 6.45) is 2.47. The number of carbonyl (C=O) groups is 1. The van der Waals surface area contributed by atoms with Crippen LogP contribution >= 0.6 is 11.8 Å². The van der Waals surface area contributed by atoms with E-state index in [1.807, 2.05) is 42.7 Å². The zero-order valence-corrected chi connectivity index (χ0v) is 17.8. The lowest BCUT2D eigenvalue weighted by atomic mass is 10.1. The fraction of sp³-hybridized carbons (Fsp3) is 0.381. The van der Waals surface area contributed by atoms with Crippen molar-refractivity contribution in [3.8, 4) is 23.1 Å². The number of hydrogen-bond acceptors (Lipinski definition) is 7. The van der Waals surface area contributed by atoms with Gasteiger partial charge in [0.2, 0.25) is 5.91 Å². The van der Waals surface area contributed by atoms with Crippen LogP contribution < -0.4 is 14.8 Å². The normalized spacial score (nSPS) is 13.1. The average Bonchev–Trinajstić information content (AvgIpc) is 3.36. The van der Waals surface area contributed by atoms with Crippen LogP contribution in [0.2, 0.25) is 0 Å². The molecule has 0 spiro atoms. The van der Waals surface area contributed by atoms with Gasteiger partial charge in [-0.25, -0.2) is 0 Å². The Kier molecular flexibility index (Phi) is 6.27. The first kappa shape index (κ1) is 20.3. The summed E-state index contributed by atoms with van der Waals surface area (Å²) in [6.45, 7) is 6.42. The number of nitrogens with zero attached hydrogens (tertiary/aromatic N) is 3. The Morgan fingerprint density at radius 1 is 1.23 bits per heavy atom. The molecule has 3 aromatic rings. The highest BCUT2D eigenvalue weighted by Crippen LogP contribution is 2.32. The first-order chi connectivity index (χ1) is 14.7. The second-order valence-corrected chi connectivity index (χ2v) is 7.81. The number of carbonyl (C=O) groups excluding carboxylic acids is 1. The van der Waals surface area contributed by atoms with Crippen LogP contribution in [0.3, 0.4) is 0 Å². The van der Waals surface area contributed by atoms with Gasteiger partial charge in [-0.05, 0) is 49.2 Å². The van der Waals surface area contributed by atoms with Crippen LogP contribution in [-0.2, 0) is 17.9 Å². The lowest BCUT2D eigenvalue weighted by molar-refractivity contribution is -0.118. The second-order valence-electron chi connectivity index (χ2n) is 6.87. The molecule has 0 fully saturated rings. The van der Waals surface area contributed by atoms with Crippen molar-refractivity contribution < 1.29 is 18.7 Å². The molecule has 0 atom stereocenters. The van der Waals surface area contributed by atoms with Gasteiger partial charge in [0, 0.05) is 19.5 Å². The second kappa shape index (κ2) is 9.25. The maximum absolute atomic E-state index is 12.4. The minimum absolute atomic E-state index is 0.0725. The summed E-state index contributed by atoms with van der Waals surface area (Å²) in [6, 6.07) is 7.57. The smallest absolute Gasteiger partial charge is 0.230 e. The lowest BCUT2D eigenvalue weighted by Gasteiger charge is -2.13. The topological polar surface area (TPSA) is 91.4 Å². The Labute approximate surface area is 179 Å². The van der Waals surface area contributed by atoms with Crippen LogP contribution in [-0.4, -0.2) is 39.6 Å². The van der Waals surface area contributed by atoms with Crippen molar-refractivity contribution in [1.82, 2.24) is 20.1 Å². The molecular formula is C21H24N4O4S. The van der Waals surface area contributed by atoms with E-state index >= 15 is 0 Å². The number of thioether (sulfide) groups is 1. The minimum Gasteiger partial charge on any atom is -0.490 e. The number of hydrogen-bond donors (Lipinski definition) is 1. The minimum atomic E-state index is -0.0725. The number of benzene rings is 1. The quantitative estimate of drug-likeness (QED) is 0.577. The molecule has 4 rings (SSSR count). The van der Waals surface area contributed by atoms with E-state index < -0.39 is 0 Å². The predicted octanol–water partition coefficient (Wildman–Crippen LogP) is 3.44. The molecule has 0 bridgehead atoms. The molecule has 0 unspecified atom stereocenters. The molecule has 1 aliphatic rings. The van der Waals surface area contributed by atoms with E-state index in [0.717, 1.165) is 29.0 Å². The Balaban J connectivity index is 1.35. The van der Waals surface area contributed by atoms with Crippen LogP contribution in [0.5, 0.6) is 11.5 Å². The summed E-state index contributed by atoms with van der Waals surface area (Å²) in [5, 5.41) is 12.1. The molecule has 2 aromatic heterocycles. The van der Waals surface area contributed by atoms with Crippen molar-refractivity contribution in [2.75, 3.05) is 19.0 Å². The molecule has 0 saturated carbocycles. The number of aryl methyl sites for hydroxylation is 1. The number of furan rings is 1. The number of ether oxygens (including phenoxy) is 2. The van der Waals surface area contributed by atoms with E-state index in [0.29, 0.717) is 43.0 Å². The number of rotatable bonds is 7. The summed E-state index contributed by atoms with van der Waals surface area (Å²) in [7, 11) is 0. The van der Waals surface area contributed by atoms with Crippen molar-refractivity contribution in [2.45, 2.75) is 38.5 Å². The molecule has 9 heteroatoms. The third-order valence-corrected chi connectivity index (χ3v) is 5.76. The summed E-state index contributed by atoms with van der Waals surface area (Å²) in [5.74, 6) is 3.00. The SMILES string of the molecule is CCn1c(SCC(=O)NCc2cc3c(cc2C)OCCCO3)nnc1-c1ccco1. The van der Waals surface area contributed by atoms with Gasteiger partial charge in [-0.1, -0.05) is 11.8 Å². The van der Waals surface area contributed by atoms with E-state index in [1.54, 1.807) is 6.26 Å². The van der Waals surface area contributed by atoms with Crippen LogP contribution in [0.4, 0.5) is 0 Å². The van der Waals surface area contributed by atoms with Gasteiger partial charge in [0.1, 0.15) is 0 Å². The molecule has 8 nitrogen and oxygen atoms in total. The predicted molar refractivity (Wildman–Crippen MR) is 113 cm³/mol. The fourth-order valence-electron chi connectivity index (χ4n) is 3.19. The zero-order chi connectivity index (χ0) is 20.9. The highest BCUT2D eigenvalue weighted by molar-refractivity contribution is 7.99. The molecule has 0 saturated heterocycles. The average molecular weight is 429 g/mol. The molecule has 3 heterocycles. The summed E-state index contributed by atoms with van der Waals surface area (Å²) in [5.41, 5.74) is 2.07. The molecular weight excluding hydrogens is 404 g/mol. The molecule has 1 aromatic carbocycles. The standard InChI is InChI=1S/C21H24N4O4S/c1-3-25-20(16-6-4-7-27-16)23-24-21(25)30-13-19(26)22-12-15-11-18-17(10-14(15)2)28-8-5-9-29-18/h4,6-7,10-11H,3,5,8-9,12-13H2,1-2H3,(H,22,26). The zero-order valence-electron chi connectivity index (χ0n) is 17.0. The highest BCUT2D eigenvalue weighted by atomic mass is 32.2. The Morgan fingerprint density at radius 2 is 2.03 bits per heavy atom. The van der Waals surface area contributed by atoms with E-state index in [2.05, 4.69) is 15.5 Å². The first-order valence-corrected chi connectivity index (χ1v) is 10.9. The molecule has 1 aliphatic heterocycles. The molecule has 158 valence electrons.